The quantitative estimate of drug-likeness (QED) is 0.108. The molecular weight excluding hydrogens is 1220 g/mol. The van der Waals surface area contributed by atoms with E-state index < -0.39 is 5.41 Å². The normalized spacial score (nSPS) is 12.2. The first-order chi connectivity index (χ1) is 50.1. The Kier molecular flexibility index (Phi) is 14.4. The van der Waals surface area contributed by atoms with Crippen molar-refractivity contribution >= 4 is 77.7 Å². The maximum absolute atomic E-state index is 2.49. The molecule has 16 aromatic carbocycles. The van der Waals surface area contributed by atoms with Crippen LogP contribution in [-0.2, 0) is 5.41 Å². The highest BCUT2D eigenvalue weighted by Gasteiger charge is 2.47. The Morgan fingerprint density at radius 3 is 0.703 bits per heavy atom. The summed E-state index contributed by atoms with van der Waals surface area (Å²) in [5, 5.41) is 5.04. The molecule has 2 aromatic heterocycles. The van der Waals surface area contributed by atoms with Gasteiger partial charge in [0.15, 0.2) is 0 Å². The first-order valence-corrected chi connectivity index (χ1v) is 34.8. The molecule has 0 bridgehead atoms. The topological polar surface area (TPSA) is 16.3 Å². The number of hydrogen-bond donors (Lipinski definition) is 0. The zero-order chi connectivity index (χ0) is 66.8. The zero-order valence-electron chi connectivity index (χ0n) is 55.4. The largest absolute Gasteiger partial charge is 0.311 e. The molecule has 4 heteroatoms. The molecule has 1 aliphatic rings. The summed E-state index contributed by atoms with van der Waals surface area (Å²) in [7, 11) is 0. The lowest BCUT2D eigenvalue weighted by atomic mass is 9.67. The molecule has 1 aliphatic carbocycles. The van der Waals surface area contributed by atoms with Crippen LogP contribution in [0.3, 0.4) is 0 Å². The Balaban J connectivity index is 0.748. The smallest absolute Gasteiger partial charge is 0.0714 e. The molecule has 0 amide bonds. The average Bonchev–Trinajstić information content (AvgIpc) is 1.52. The van der Waals surface area contributed by atoms with Crippen molar-refractivity contribution in [1.82, 2.24) is 9.13 Å². The molecule has 101 heavy (non-hydrogen) atoms. The summed E-state index contributed by atoms with van der Waals surface area (Å²) in [5.74, 6) is 0. The molecule has 19 rings (SSSR count). The number of anilines is 6. The van der Waals surface area contributed by atoms with E-state index in [4.69, 9.17) is 0 Å². The summed E-state index contributed by atoms with van der Waals surface area (Å²) >= 11 is 0. The van der Waals surface area contributed by atoms with E-state index in [9.17, 15) is 0 Å². The second kappa shape index (κ2) is 24.7. The van der Waals surface area contributed by atoms with Crippen molar-refractivity contribution in [2.45, 2.75) is 5.41 Å². The highest BCUT2D eigenvalue weighted by Crippen LogP contribution is 2.58. The molecule has 18 aromatic rings. The van der Waals surface area contributed by atoms with Gasteiger partial charge in [0.2, 0.25) is 0 Å². The predicted molar refractivity (Wildman–Crippen MR) is 424 cm³/mol. The summed E-state index contributed by atoms with van der Waals surface area (Å²) < 4.78 is 4.76. The average molecular weight is 1290 g/mol. The number of nitrogens with zero attached hydrogens (tertiary/aromatic N) is 4. The summed E-state index contributed by atoms with van der Waals surface area (Å²) in [5.41, 5.74) is 29.4. The van der Waals surface area contributed by atoms with Crippen LogP contribution in [0.1, 0.15) is 22.3 Å². The van der Waals surface area contributed by atoms with E-state index in [1.165, 1.54) is 99.2 Å². The third-order valence-corrected chi connectivity index (χ3v) is 20.8. The maximum atomic E-state index is 2.49. The fourth-order valence-corrected chi connectivity index (χ4v) is 16.1. The summed E-state index contributed by atoms with van der Waals surface area (Å²) in [6.07, 6.45) is 0. The van der Waals surface area contributed by atoms with E-state index in [0.717, 1.165) is 67.8 Å². The van der Waals surface area contributed by atoms with Crippen molar-refractivity contribution in [3.8, 4) is 67.0 Å². The Morgan fingerprint density at radius 2 is 0.416 bits per heavy atom. The van der Waals surface area contributed by atoms with Gasteiger partial charge in [-0.05, 0) is 211 Å². The number of para-hydroxylation sites is 8. The van der Waals surface area contributed by atoms with Crippen LogP contribution >= 0.6 is 0 Å². The van der Waals surface area contributed by atoms with Gasteiger partial charge >= 0.3 is 0 Å². The molecule has 474 valence electrons. The van der Waals surface area contributed by atoms with Crippen molar-refractivity contribution in [3.05, 3.63) is 423 Å². The van der Waals surface area contributed by atoms with Crippen LogP contribution in [0.15, 0.2) is 400 Å². The van der Waals surface area contributed by atoms with Gasteiger partial charge in [-0.25, -0.2) is 0 Å². The summed E-state index contributed by atoms with van der Waals surface area (Å²) in [6.45, 7) is 0. The number of rotatable bonds is 14. The van der Waals surface area contributed by atoms with Crippen LogP contribution in [0.2, 0.25) is 0 Å². The molecule has 0 radical (unpaired) electrons. The first kappa shape index (κ1) is 59.0. The predicted octanol–water partition coefficient (Wildman–Crippen LogP) is 25.9. The minimum Gasteiger partial charge on any atom is -0.311 e. The molecule has 4 nitrogen and oxygen atoms in total. The van der Waals surface area contributed by atoms with Crippen molar-refractivity contribution in [2.24, 2.45) is 0 Å². The van der Waals surface area contributed by atoms with Crippen LogP contribution in [0, 0.1) is 0 Å². The van der Waals surface area contributed by atoms with Gasteiger partial charge in [-0.1, -0.05) is 267 Å². The molecule has 0 aliphatic heterocycles. The van der Waals surface area contributed by atoms with Gasteiger partial charge in [-0.3, -0.25) is 0 Å². The van der Waals surface area contributed by atoms with E-state index in [0.29, 0.717) is 0 Å². The third-order valence-electron chi connectivity index (χ3n) is 20.8. The highest BCUT2D eigenvalue weighted by atomic mass is 15.1. The molecule has 0 atom stereocenters. The van der Waals surface area contributed by atoms with Crippen LogP contribution in [0.25, 0.3) is 111 Å². The number of hydrogen-bond acceptors (Lipinski definition) is 2. The van der Waals surface area contributed by atoms with Gasteiger partial charge in [-0.15, -0.1) is 0 Å². The Hall–Kier alpha value is -13.3. The number of benzene rings is 16. The van der Waals surface area contributed by atoms with Crippen molar-refractivity contribution in [2.75, 3.05) is 9.80 Å². The molecule has 2 heterocycles. The van der Waals surface area contributed by atoms with Crippen LogP contribution in [0.4, 0.5) is 34.1 Å². The minimum absolute atomic E-state index is 0.793. The second-order valence-electron chi connectivity index (χ2n) is 26.4. The highest BCUT2D eigenvalue weighted by molar-refractivity contribution is 6.10. The molecule has 0 N–H and O–H groups in total. The lowest BCUT2D eigenvalue weighted by molar-refractivity contribution is 0.769. The molecule has 0 unspecified atom stereocenters. The fraction of sp³-hybridized carbons (Fsp3) is 0.0103. The van der Waals surface area contributed by atoms with Crippen molar-refractivity contribution in [3.63, 3.8) is 0 Å². The maximum Gasteiger partial charge on any atom is 0.0714 e. The SMILES string of the molecule is c1ccc(N(c2ccccc2)c2ccc(C3(c4ccc(N(c5ccccc5)c5ccccc5)cc4)c4cc(-c5ccc(-c6ccc(-n7c8ccccc8c8ccccc87)cc6)cc5)ccc4-c4ccc(-c5ccc(-c6ccc(-n7c8ccccc8c8ccccc87)cc6)cc5)cc43)cc2)cc1. The van der Waals surface area contributed by atoms with Crippen LogP contribution in [0.5, 0.6) is 0 Å². The standard InChI is InChI=1S/C97H66N4/c1-5-21-77(22-6-1)98(78-23-7-2-8-24-78)81-59-51-75(52-60-81)97(76-53-61-82(62-54-76)99(79-25-9-3-10-26-79)80-27-11-4-12-28-80)91-65-73(71-41-37-67(38-42-71)69-45-55-83(56-46-69)100-93-33-17-13-29-87(93)88-30-14-18-34-94(88)100)49-63-85(91)86-64-50-74(66-92(86)97)72-43-39-68(40-44-72)70-47-57-84(58-48-70)101-95-35-19-15-31-89(95)90-32-16-20-36-96(90)101/h1-66H. The molecule has 0 saturated carbocycles. The Labute approximate surface area is 588 Å². The van der Waals surface area contributed by atoms with E-state index in [2.05, 4.69) is 419 Å². The first-order valence-electron chi connectivity index (χ1n) is 34.8. The van der Waals surface area contributed by atoms with Gasteiger partial charge in [0.1, 0.15) is 0 Å². The lowest BCUT2D eigenvalue weighted by Gasteiger charge is -2.35. The third kappa shape index (κ3) is 10.1. The van der Waals surface area contributed by atoms with Gasteiger partial charge < -0.3 is 18.9 Å². The van der Waals surface area contributed by atoms with Crippen LogP contribution in [-0.4, -0.2) is 9.13 Å². The summed E-state index contributed by atoms with van der Waals surface area (Å²) in [4.78, 5) is 4.71. The van der Waals surface area contributed by atoms with Crippen molar-refractivity contribution < 1.29 is 0 Å². The van der Waals surface area contributed by atoms with Gasteiger partial charge in [0.25, 0.3) is 0 Å². The Bertz CT molecular complexity index is 5500. The van der Waals surface area contributed by atoms with Gasteiger partial charge in [-0.2, -0.15) is 0 Å². The van der Waals surface area contributed by atoms with E-state index in [1.54, 1.807) is 0 Å². The van der Waals surface area contributed by atoms with Gasteiger partial charge in [0.05, 0.1) is 27.5 Å². The van der Waals surface area contributed by atoms with Crippen LogP contribution < -0.4 is 9.80 Å². The summed E-state index contributed by atoms with van der Waals surface area (Å²) in [6, 6.07) is 147. The lowest BCUT2D eigenvalue weighted by Crippen LogP contribution is -2.29. The molecule has 0 saturated heterocycles. The number of fused-ring (bicyclic) bond motifs is 9. The molecule has 0 fully saturated rings. The molecule has 0 spiro atoms. The minimum atomic E-state index is -0.793. The Morgan fingerprint density at radius 1 is 0.188 bits per heavy atom. The van der Waals surface area contributed by atoms with Crippen molar-refractivity contribution in [1.29, 1.82) is 0 Å². The molecular formula is C97H66N4. The monoisotopic (exact) mass is 1290 g/mol. The van der Waals surface area contributed by atoms with E-state index in [1.807, 2.05) is 0 Å². The number of aromatic nitrogens is 2. The fourth-order valence-electron chi connectivity index (χ4n) is 16.1. The second-order valence-corrected chi connectivity index (χ2v) is 26.4. The zero-order valence-corrected chi connectivity index (χ0v) is 55.4. The van der Waals surface area contributed by atoms with Gasteiger partial charge in [0, 0.05) is 67.0 Å². The van der Waals surface area contributed by atoms with E-state index >= 15 is 0 Å². The van der Waals surface area contributed by atoms with E-state index in [-0.39, 0.29) is 0 Å².